The molecule has 4 heteroatoms. The molecule has 61 heavy (non-hydrogen) atoms. The van der Waals surface area contributed by atoms with Crippen LogP contribution in [0.1, 0.15) is 37.2 Å². The summed E-state index contributed by atoms with van der Waals surface area (Å²) in [6, 6.07) is 68.0. The van der Waals surface area contributed by atoms with E-state index in [1.54, 1.807) is 0 Å². The van der Waals surface area contributed by atoms with E-state index in [0.29, 0.717) is 5.92 Å². The molecule has 1 aliphatic carbocycles. The van der Waals surface area contributed by atoms with Crippen LogP contribution < -0.4 is 9.80 Å². The number of hydrogen-bond donors (Lipinski definition) is 0. The molecule has 0 N–H and O–H groups in total. The maximum absolute atomic E-state index is 6.78. The van der Waals surface area contributed by atoms with Crippen molar-refractivity contribution in [2.75, 3.05) is 9.80 Å². The summed E-state index contributed by atoms with van der Waals surface area (Å²) in [5.74, 6) is 0.480. The molecule has 12 aromatic rings. The average Bonchev–Trinajstić information content (AvgIpc) is 4.09. The Kier molecular flexibility index (Phi) is 7.59. The molecule has 0 atom stereocenters. The minimum atomic E-state index is 0.480. The molecule has 0 spiro atoms. The predicted molar refractivity (Wildman–Crippen MR) is 255 cm³/mol. The van der Waals surface area contributed by atoms with Crippen LogP contribution in [0.4, 0.5) is 34.1 Å². The zero-order chi connectivity index (χ0) is 40.0. The summed E-state index contributed by atoms with van der Waals surface area (Å²) in [4.78, 5) is 4.85. The van der Waals surface area contributed by atoms with Crippen molar-refractivity contribution >= 4 is 110 Å². The Hall–Kier alpha value is -7.56. The molecule has 13 rings (SSSR count). The monoisotopic (exact) mass is 784 g/mol. The first-order valence-corrected chi connectivity index (χ1v) is 21.5. The molecular formula is C57H40N2O2. The van der Waals surface area contributed by atoms with Crippen LogP contribution in [-0.4, -0.2) is 0 Å². The van der Waals surface area contributed by atoms with E-state index in [1.807, 2.05) is 6.07 Å². The van der Waals surface area contributed by atoms with Crippen molar-refractivity contribution in [1.82, 2.24) is 0 Å². The lowest BCUT2D eigenvalue weighted by Crippen LogP contribution is -2.12. The molecular weight excluding hydrogens is 745 g/mol. The molecule has 2 heterocycles. The SMILES string of the molecule is c1ccc(N(c2ccc3ccc4c(N(c5ccccc5)c5cccc6c5oc5ccccc56)cc(C5CCCC5)c5ccc2c3c54)c2cccc3c2oc2ccccc23)cc1. The fourth-order valence-corrected chi connectivity index (χ4v) is 10.6. The summed E-state index contributed by atoms with van der Waals surface area (Å²) in [6.45, 7) is 0. The van der Waals surface area contributed by atoms with Gasteiger partial charge in [0.15, 0.2) is 11.2 Å². The predicted octanol–water partition coefficient (Wildman–Crippen LogP) is 17.0. The maximum Gasteiger partial charge on any atom is 0.159 e. The Balaban J connectivity index is 1.12. The van der Waals surface area contributed by atoms with Gasteiger partial charge in [-0.2, -0.15) is 0 Å². The number of furan rings is 2. The fraction of sp³-hybridized carbons (Fsp3) is 0.0877. The smallest absolute Gasteiger partial charge is 0.159 e. The van der Waals surface area contributed by atoms with Gasteiger partial charge in [-0.25, -0.2) is 0 Å². The number of anilines is 6. The lowest BCUT2D eigenvalue weighted by molar-refractivity contribution is 0.668. The first-order chi connectivity index (χ1) is 30.3. The van der Waals surface area contributed by atoms with Gasteiger partial charge in [0, 0.05) is 43.7 Å². The van der Waals surface area contributed by atoms with Gasteiger partial charge in [-0.15, -0.1) is 0 Å². The molecule has 1 fully saturated rings. The van der Waals surface area contributed by atoms with Crippen LogP contribution in [0.25, 0.3) is 76.2 Å². The van der Waals surface area contributed by atoms with Gasteiger partial charge in [0.2, 0.25) is 0 Å². The van der Waals surface area contributed by atoms with Crippen LogP contribution >= 0.6 is 0 Å². The highest BCUT2D eigenvalue weighted by molar-refractivity contribution is 6.29. The Morgan fingerprint density at radius 3 is 1.48 bits per heavy atom. The second-order valence-electron chi connectivity index (χ2n) is 16.6. The van der Waals surface area contributed by atoms with Gasteiger partial charge < -0.3 is 18.6 Å². The van der Waals surface area contributed by atoms with Gasteiger partial charge in [-0.1, -0.05) is 140 Å². The normalized spacial score (nSPS) is 13.6. The number of rotatable bonds is 7. The van der Waals surface area contributed by atoms with E-state index >= 15 is 0 Å². The molecule has 0 unspecified atom stereocenters. The summed E-state index contributed by atoms with van der Waals surface area (Å²) in [7, 11) is 0. The Bertz CT molecular complexity index is 3620. The van der Waals surface area contributed by atoms with Crippen molar-refractivity contribution in [3.63, 3.8) is 0 Å². The highest BCUT2D eigenvalue weighted by atomic mass is 16.3. The third-order valence-corrected chi connectivity index (χ3v) is 13.3. The number of hydrogen-bond acceptors (Lipinski definition) is 4. The molecule has 2 aromatic heterocycles. The standard InChI is InChI=1S/C57H40N2O2/c1-3-17-38(18-4-1)58(49-25-13-23-43-40-21-9-11-27-52(40)60-56(43)49)48-34-30-37-29-31-46-51(35-47(36-15-7-8-16-36)42-32-33-45(48)54(37)55(42)46)59(39-19-5-2-6-20-39)50-26-14-24-44-41-22-10-12-28-53(41)61-57(44)50/h1-6,9-14,17-36H,7-8,15-16H2. The van der Waals surface area contributed by atoms with Crippen molar-refractivity contribution in [3.05, 3.63) is 194 Å². The van der Waals surface area contributed by atoms with Crippen LogP contribution in [0, 0.1) is 0 Å². The number of nitrogens with zero attached hydrogens (tertiary/aromatic N) is 2. The van der Waals surface area contributed by atoms with Gasteiger partial charge in [0.25, 0.3) is 0 Å². The molecule has 0 radical (unpaired) electrons. The first-order valence-electron chi connectivity index (χ1n) is 21.5. The minimum absolute atomic E-state index is 0.480. The second-order valence-corrected chi connectivity index (χ2v) is 16.6. The van der Waals surface area contributed by atoms with Gasteiger partial charge in [-0.05, 0) is 107 Å². The van der Waals surface area contributed by atoms with E-state index in [9.17, 15) is 0 Å². The lowest BCUT2D eigenvalue weighted by Gasteiger charge is -2.30. The van der Waals surface area contributed by atoms with Crippen molar-refractivity contribution < 1.29 is 8.83 Å². The molecule has 1 aliphatic rings. The van der Waals surface area contributed by atoms with E-state index < -0.39 is 0 Å². The molecule has 0 saturated heterocycles. The Labute approximate surface area is 352 Å². The highest BCUT2D eigenvalue weighted by Crippen LogP contribution is 2.52. The van der Waals surface area contributed by atoms with E-state index in [-0.39, 0.29) is 0 Å². The summed E-state index contributed by atoms with van der Waals surface area (Å²) in [5.41, 5.74) is 11.5. The second kappa shape index (κ2) is 13.5. The molecule has 290 valence electrons. The largest absolute Gasteiger partial charge is 0.454 e. The van der Waals surface area contributed by atoms with Crippen molar-refractivity contribution in [3.8, 4) is 0 Å². The van der Waals surface area contributed by atoms with Gasteiger partial charge >= 0.3 is 0 Å². The first kappa shape index (κ1) is 34.3. The summed E-state index contributed by atoms with van der Waals surface area (Å²) in [6.07, 6.45) is 4.91. The summed E-state index contributed by atoms with van der Waals surface area (Å²) >= 11 is 0. The fourth-order valence-electron chi connectivity index (χ4n) is 10.6. The lowest BCUT2D eigenvalue weighted by atomic mass is 9.85. The van der Waals surface area contributed by atoms with E-state index in [0.717, 1.165) is 72.3 Å². The molecule has 0 aliphatic heterocycles. The molecule has 4 nitrogen and oxygen atoms in total. The van der Waals surface area contributed by atoms with Crippen LogP contribution in [0.5, 0.6) is 0 Å². The van der Waals surface area contributed by atoms with Crippen molar-refractivity contribution in [1.29, 1.82) is 0 Å². The van der Waals surface area contributed by atoms with E-state index in [2.05, 4.69) is 192 Å². The molecule has 1 saturated carbocycles. The van der Waals surface area contributed by atoms with E-state index in [1.165, 1.54) is 69.3 Å². The minimum Gasteiger partial charge on any atom is -0.454 e. The quantitative estimate of drug-likeness (QED) is 0.151. The van der Waals surface area contributed by atoms with Crippen LogP contribution in [0.3, 0.4) is 0 Å². The van der Waals surface area contributed by atoms with Crippen LogP contribution in [0.2, 0.25) is 0 Å². The number of fused-ring (bicyclic) bond motifs is 6. The topological polar surface area (TPSA) is 32.8 Å². The number of para-hydroxylation sites is 6. The zero-order valence-electron chi connectivity index (χ0n) is 33.5. The van der Waals surface area contributed by atoms with Crippen LogP contribution in [0.15, 0.2) is 197 Å². The van der Waals surface area contributed by atoms with E-state index in [4.69, 9.17) is 8.83 Å². The Morgan fingerprint density at radius 1 is 0.361 bits per heavy atom. The number of benzene rings is 10. The molecule has 0 amide bonds. The summed E-state index contributed by atoms with van der Waals surface area (Å²) < 4.78 is 13.5. The Morgan fingerprint density at radius 2 is 0.852 bits per heavy atom. The van der Waals surface area contributed by atoms with Gasteiger partial charge in [0.05, 0.1) is 22.7 Å². The van der Waals surface area contributed by atoms with Gasteiger partial charge in [-0.3, -0.25) is 0 Å². The zero-order valence-corrected chi connectivity index (χ0v) is 33.5. The molecule has 10 aromatic carbocycles. The molecule has 0 bridgehead atoms. The van der Waals surface area contributed by atoms with Crippen molar-refractivity contribution in [2.45, 2.75) is 31.6 Å². The third kappa shape index (κ3) is 5.18. The van der Waals surface area contributed by atoms with Crippen molar-refractivity contribution in [2.24, 2.45) is 0 Å². The third-order valence-electron chi connectivity index (χ3n) is 13.3. The maximum atomic E-state index is 6.78. The highest BCUT2D eigenvalue weighted by Gasteiger charge is 2.29. The van der Waals surface area contributed by atoms with Crippen LogP contribution in [-0.2, 0) is 0 Å². The average molecular weight is 785 g/mol. The summed E-state index contributed by atoms with van der Waals surface area (Å²) in [5, 5.41) is 12.1. The van der Waals surface area contributed by atoms with Gasteiger partial charge in [0.1, 0.15) is 11.2 Å².